The first kappa shape index (κ1) is 11.6. The summed E-state index contributed by atoms with van der Waals surface area (Å²) in [5, 5.41) is 4.40. The van der Waals surface area contributed by atoms with Gasteiger partial charge in [0.15, 0.2) is 5.82 Å². The van der Waals surface area contributed by atoms with Crippen LogP contribution in [0.2, 0.25) is 5.15 Å². The van der Waals surface area contributed by atoms with Gasteiger partial charge in [0.2, 0.25) is 0 Å². The van der Waals surface area contributed by atoms with Gasteiger partial charge in [0, 0.05) is 6.20 Å². The third-order valence-corrected chi connectivity index (χ3v) is 2.24. The Morgan fingerprint density at radius 2 is 2.35 bits per heavy atom. The lowest BCUT2D eigenvalue weighted by Crippen LogP contribution is -2.03. The number of rotatable bonds is 3. The van der Waals surface area contributed by atoms with E-state index in [0.717, 1.165) is 0 Å². The Labute approximate surface area is 103 Å². The summed E-state index contributed by atoms with van der Waals surface area (Å²) in [6.07, 6.45) is 2.98. The molecule has 0 aliphatic heterocycles. The zero-order valence-corrected chi connectivity index (χ0v) is 9.89. The normalized spacial score (nSPS) is 10.2. The molecule has 2 rings (SSSR count). The Morgan fingerprint density at radius 3 is 3.06 bits per heavy atom. The molecule has 6 heteroatoms. The molecule has 17 heavy (non-hydrogen) atoms. The van der Waals surface area contributed by atoms with Crippen LogP contribution in [-0.4, -0.2) is 27.3 Å². The van der Waals surface area contributed by atoms with E-state index in [1.807, 2.05) is 0 Å². The Kier molecular flexibility index (Phi) is 3.39. The van der Waals surface area contributed by atoms with Crippen molar-refractivity contribution in [2.45, 2.75) is 6.92 Å². The summed E-state index contributed by atoms with van der Waals surface area (Å²) in [4.78, 5) is 15.5. The molecule has 2 aromatic heterocycles. The molecule has 0 radical (unpaired) electrons. The first-order valence-corrected chi connectivity index (χ1v) is 5.43. The maximum absolute atomic E-state index is 11.4. The van der Waals surface area contributed by atoms with Crippen molar-refractivity contribution in [3.05, 3.63) is 41.3 Å². The molecule has 0 saturated carbocycles. The smallest absolute Gasteiger partial charge is 0.341 e. The highest BCUT2D eigenvalue weighted by molar-refractivity contribution is 6.29. The van der Waals surface area contributed by atoms with Crippen molar-refractivity contribution in [1.29, 1.82) is 0 Å². The van der Waals surface area contributed by atoms with Crippen LogP contribution in [0.4, 0.5) is 0 Å². The van der Waals surface area contributed by atoms with Crippen molar-refractivity contribution >= 4 is 17.6 Å². The molecule has 0 atom stereocenters. The number of nitrogens with zero attached hydrogens (tertiary/aromatic N) is 3. The number of hydrogen-bond donors (Lipinski definition) is 0. The van der Waals surface area contributed by atoms with Crippen LogP contribution in [-0.2, 0) is 4.74 Å². The van der Waals surface area contributed by atoms with Gasteiger partial charge in [0.25, 0.3) is 0 Å². The third kappa shape index (κ3) is 2.62. The Morgan fingerprint density at radius 1 is 1.53 bits per heavy atom. The fourth-order valence-corrected chi connectivity index (χ4v) is 1.45. The summed E-state index contributed by atoms with van der Waals surface area (Å²) in [6.45, 7) is 2.08. The van der Waals surface area contributed by atoms with Gasteiger partial charge in [-0.15, -0.1) is 0 Å². The molecule has 0 amide bonds. The predicted octanol–water partition coefficient (Wildman–Crippen LogP) is 2.10. The maximum atomic E-state index is 11.4. The van der Waals surface area contributed by atoms with E-state index in [9.17, 15) is 4.79 Å². The molecule has 0 saturated heterocycles. The molecule has 2 aromatic rings. The van der Waals surface area contributed by atoms with Crippen molar-refractivity contribution in [1.82, 2.24) is 14.8 Å². The third-order valence-electron chi connectivity index (χ3n) is 2.03. The molecule has 2 heterocycles. The Bertz CT molecular complexity index is 539. The van der Waals surface area contributed by atoms with Gasteiger partial charge < -0.3 is 4.74 Å². The van der Waals surface area contributed by atoms with Gasteiger partial charge in [-0.1, -0.05) is 17.7 Å². The largest absolute Gasteiger partial charge is 0.462 e. The van der Waals surface area contributed by atoms with Gasteiger partial charge in [0.05, 0.1) is 18.4 Å². The molecular formula is C11H10ClN3O2. The summed E-state index contributed by atoms with van der Waals surface area (Å²) < 4.78 is 6.33. The molecule has 0 aliphatic rings. The summed E-state index contributed by atoms with van der Waals surface area (Å²) in [7, 11) is 0. The Balaban J connectivity index is 2.27. The zero-order chi connectivity index (χ0) is 12.3. The van der Waals surface area contributed by atoms with Crippen molar-refractivity contribution in [3.63, 3.8) is 0 Å². The van der Waals surface area contributed by atoms with Crippen LogP contribution in [0.5, 0.6) is 0 Å². The zero-order valence-electron chi connectivity index (χ0n) is 9.13. The second-order valence-electron chi connectivity index (χ2n) is 3.21. The topological polar surface area (TPSA) is 57.0 Å². The van der Waals surface area contributed by atoms with Gasteiger partial charge in [-0.05, 0) is 19.1 Å². The van der Waals surface area contributed by atoms with Crippen molar-refractivity contribution in [2.24, 2.45) is 0 Å². The molecule has 88 valence electrons. The number of hydrogen-bond acceptors (Lipinski definition) is 4. The number of halogens is 1. The quantitative estimate of drug-likeness (QED) is 0.619. The fourth-order valence-electron chi connectivity index (χ4n) is 1.29. The molecule has 0 fully saturated rings. The SMILES string of the molecule is CCOC(=O)c1cnn(-c2cccc(Cl)n2)c1. The molecule has 0 N–H and O–H groups in total. The molecule has 0 aliphatic carbocycles. The second kappa shape index (κ2) is 4.97. The maximum Gasteiger partial charge on any atom is 0.341 e. The van der Waals surface area contributed by atoms with E-state index in [1.54, 1.807) is 31.3 Å². The standard InChI is InChI=1S/C11H10ClN3O2/c1-2-17-11(16)8-6-13-15(7-8)10-5-3-4-9(12)14-10/h3-7H,2H2,1H3. The minimum absolute atomic E-state index is 0.333. The number of carbonyl (C=O) groups excluding carboxylic acids is 1. The van der Waals surface area contributed by atoms with E-state index in [1.165, 1.54) is 10.9 Å². The van der Waals surface area contributed by atoms with E-state index in [0.29, 0.717) is 23.1 Å². The molecule has 0 unspecified atom stereocenters. The minimum atomic E-state index is -0.402. The average Bonchev–Trinajstić information content (AvgIpc) is 2.78. The number of carbonyl (C=O) groups is 1. The van der Waals surface area contributed by atoms with Gasteiger partial charge in [-0.3, -0.25) is 0 Å². The van der Waals surface area contributed by atoms with Gasteiger partial charge >= 0.3 is 5.97 Å². The number of esters is 1. The van der Waals surface area contributed by atoms with Gasteiger partial charge in [-0.25, -0.2) is 14.5 Å². The molecule has 0 bridgehead atoms. The van der Waals surface area contributed by atoms with Crippen molar-refractivity contribution in [2.75, 3.05) is 6.61 Å². The lowest BCUT2D eigenvalue weighted by atomic mass is 10.4. The number of pyridine rings is 1. The molecule has 5 nitrogen and oxygen atoms in total. The van der Waals surface area contributed by atoms with Crippen LogP contribution in [0.25, 0.3) is 5.82 Å². The average molecular weight is 252 g/mol. The monoisotopic (exact) mass is 251 g/mol. The van der Waals surface area contributed by atoms with E-state index in [2.05, 4.69) is 10.1 Å². The number of ether oxygens (including phenoxy) is 1. The Hall–Kier alpha value is -1.88. The van der Waals surface area contributed by atoms with Crippen molar-refractivity contribution < 1.29 is 9.53 Å². The second-order valence-corrected chi connectivity index (χ2v) is 3.60. The highest BCUT2D eigenvalue weighted by Gasteiger charge is 2.10. The fraction of sp³-hybridized carbons (Fsp3) is 0.182. The number of aromatic nitrogens is 3. The van der Waals surface area contributed by atoms with Crippen molar-refractivity contribution in [3.8, 4) is 5.82 Å². The van der Waals surface area contributed by atoms with E-state index < -0.39 is 5.97 Å². The van der Waals surface area contributed by atoms with Gasteiger partial charge in [0.1, 0.15) is 5.15 Å². The van der Waals surface area contributed by atoms with Crippen LogP contribution < -0.4 is 0 Å². The van der Waals surface area contributed by atoms with Gasteiger partial charge in [-0.2, -0.15) is 5.10 Å². The minimum Gasteiger partial charge on any atom is -0.462 e. The molecule has 0 spiro atoms. The highest BCUT2D eigenvalue weighted by atomic mass is 35.5. The van der Waals surface area contributed by atoms with Crippen LogP contribution >= 0.6 is 11.6 Å². The predicted molar refractivity (Wildman–Crippen MR) is 62.3 cm³/mol. The highest BCUT2D eigenvalue weighted by Crippen LogP contribution is 2.10. The lowest BCUT2D eigenvalue weighted by Gasteiger charge is -1.99. The molecule has 0 aromatic carbocycles. The molecular weight excluding hydrogens is 242 g/mol. The first-order chi connectivity index (χ1) is 8.20. The van der Waals surface area contributed by atoms with E-state index in [-0.39, 0.29) is 0 Å². The summed E-state index contributed by atoms with van der Waals surface area (Å²) >= 11 is 5.77. The summed E-state index contributed by atoms with van der Waals surface area (Å²) in [5.41, 5.74) is 0.383. The van der Waals surface area contributed by atoms with E-state index in [4.69, 9.17) is 16.3 Å². The first-order valence-electron chi connectivity index (χ1n) is 5.05. The van der Waals surface area contributed by atoms with Crippen LogP contribution in [0.3, 0.4) is 0 Å². The van der Waals surface area contributed by atoms with E-state index >= 15 is 0 Å². The van der Waals surface area contributed by atoms with Crippen LogP contribution in [0.15, 0.2) is 30.6 Å². The van der Waals surface area contributed by atoms with Crippen LogP contribution in [0, 0.1) is 0 Å². The van der Waals surface area contributed by atoms with Crippen LogP contribution in [0.1, 0.15) is 17.3 Å². The summed E-state index contributed by atoms with van der Waals surface area (Å²) in [5.74, 6) is 0.147. The summed E-state index contributed by atoms with van der Waals surface area (Å²) in [6, 6.07) is 5.17. The lowest BCUT2D eigenvalue weighted by molar-refractivity contribution is 0.0526.